The van der Waals surface area contributed by atoms with E-state index in [1.54, 1.807) is 13.8 Å². The van der Waals surface area contributed by atoms with Crippen molar-refractivity contribution in [2.45, 2.75) is 26.9 Å². The van der Waals surface area contributed by atoms with Gasteiger partial charge in [-0.05, 0) is 38.5 Å². The fourth-order valence-electron chi connectivity index (χ4n) is 2.02. The van der Waals surface area contributed by atoms with Crippen LogP contribution in [0.2, 0.25) is 0 Å². The maximum atomic E-state index is 12.1. The number of aryl methyl sites for hydroxylation is 1. The van der Waals surface area contributed by atoms with E-state index in [-0.39, 0.29) is 12.5 Å². The van der Waals surface area contributed by atoms with Crippen molar-refractivity contribution >= 4 is 17.6 Å². The Morgan fingerprint density at radius 1 is 1.47 bits per heavy atom. The summed E-state index contributed by atoms with van der Waals surface area (Å²) >= 11 is 0. The average molecular weight is 263 g/mol. The molecule has 1 aliphatic rings. The molecule has 0 aromatic heterocycles. The van der Waals surface area contributed by atoms with Crippen LogP contribution in [0.15, 0.2) is 18.2 Å². The predicted molar refractivity (Wildman–Crippen MR) is 70.3 cm³/mol. The van der Waals surface area contributed by atoms with Gasteiger partial charge in [0.05, 0.1) is 12.3 Å². The second kappa shape index (κ2) is 5.30. The molecule has 0 radical (unpaired) electrons. The zero-order valence-corrected chi connectivity index (χ0v) is 11.3. The van der Waals surface area contributed by atoms with E-state index >= 15 is 0 Å². The second-order valence-electron chi connectivity index (χ2n) is 4.46. The number of hydrogen-bond acceptors (Lipinski definition) is 4. The van der Waals surface area contributed by atoms with E-state index in [0.717, 1.165) is 5.56 Å². The standard InChI is InChI=1S/C14H17NO4/c1-4-18-13(16)8-15-11-7-9(2)5-6-12(11)19-10(3)14(15)17/h5-7,10H,4,8H2,1-3H3/t10-/m0/s1. The quantitative estimate of drug-likeness (QED) is 0.778. The Morgan fingerprint density at radius 2 is 2.21 bits per heavy atom. The van der Waals surface area contributed by atoms with Crippen molar-refractivity contribution in [3.8, 4) is 5.75 Å². The van der Waals surface area contributed by atoms with Crippen LogP contribution in [0.25, 0.3) is 0 Å². The summed E-state index contributed by atoms with van der Waals surface area (Å²) in [6.45, 7) is 5.54. The molecule has 0 saturated heterocycles. The third-order valence-corrected chi connectivity index (χ3v) is 2.92. The van der Waals surface area contributed by atoms with Crippen LogP contribution in [-0.4, -0.2) is 31.1 Å². The summed E-state index contributed by atoms with van der Waals surface area (Å²) in [5.41, 5.74) is 1.62. The first-order chi connectivity index (χ1) is 9.02. The normalized spacial score (nSPS) is 17.7. The van der Waals surface area contributed by atoms with E-state index in [2.05, 4.69) is 0 Å². The van der Waals surface area contributed by atoms with Gasteiger partial charge in [-0.1, -0.05) is 6.07 Å². The number of benzene rings is 1. The number of hydrogen-bond donors (Lipinski definition) is 0. The van der Waals surface area contributed by atoms with Gasteiger partial charge in [-0.3, -0.25) is 14.5 Å². The molecular formula is C14H17NO4. The molecule has 1 aromatic carbocycles. The highest BCUT2D eigenvalue weighted by Gasteiger charge is 2.33. The van der Waals surface area contributed by atoms with Gasteiger partial charge in [0.15, 0.2) is 6.10 Å². The molecular weight excluding hydrogens is 246 g/mol. The molecule has 1 atom stereocenters. The molecule has 1 heterocycles. The van der Waals surface area contributed by atoms with Crippen LogP contribution < -0.4 is 9.64 Å². The number of esters is 1. The molecule has 1 aliphatic heterocycles. The first-order valence-electron chi connectivity index (χ1n) is 6.27. The number of amides is 1. The lowest BCUT2D eigenvalue weighted by molar-refractivity contribution is -0.143. The minimum absolute atomic E-state index is 0.0865. The van der Waals surface area contributed by atoms with Crippen molar-refractivity contribution in [1.29, 1.82) is 0 Å². The molecule has 0 N–H and O–H groups in total. The van der Waals surface area contributed by atoms with Crippen LogP contribution in [0.1, 0.15) is 19.4 Å². The third-order valence-electron chi connectivity index (χ3n) is 2.92. The molecule has 0 fully saturated rings. The Balaban J connectivity index is 2.33. The van der Waals surface area contributed by atoms with E-state index < -0.39 is 12.1 Å². The Labute approximate surface area is 112 Å². The van der Waals surface area contributed by atoms with Gasteiger partial charge in [0.2, 0.25) is 0 Å². The van der Waals surface area contributed by atoms with Crippen LogP contribution in [0.4, 0.5) is 5.69 Å². The molecule has 1 aromatic rings. The zero-order valence-electron chi connectivity index (χ0n) is 11.3. The maximum Gasteiger partial charge on any atom is 0.326 e. The van der Waals surface area contributed by atoms with Gasteiger partial charge in [-0.15, -0.1) is 0 Å². The number of nitrogens with zero attached hydrogens (tertiary/aromatic N) is 1. The van der Waals surface area contributed by atoms with Crippen molar-refractivity contribution in [2.24, 2.45) is 0 Å². The minimum atomic E-state index is -0.593. The number of anilines is 1. The SMILES string of the molecule is CCOC(=O)CN1C(=O)[C@H](C)Oc2ccc(C)cc21. The summed E-state index contributed by atoms with van der Waals surface area (Å²) in [7, 11) is 0. The highest BCUT2D eigenvalue weighted by molar-refractivity contribution is 6.03. The van der Waals surface area contributed by atoms with E-state index in [0.29, 0.717) is 18.0 Å². The zero-order chi connectivity index (χ0) is 14.0. The van der Waals surface area contributed by atoms with Gasteiger partial charge in [0.25, 0.3) is 5.91 Å². The van der Waals surface area contributed by atoms with Crippen LogP contribution >= 0.6 is 0 Å². The molecule has 102 valence electrons. The fraction of sp³-hybridized carbons (Fsp3) is 0.429. The number of carbonyl (C=O) groups is 2. The lowest BCUT2D eigenvalue weighted by Gasteiger charge is -2.32. The number of fused-ring (bicyclic) bond motifs is 1. The summed E-state index contributed by atoms with van der Waals surface area (Å²) in [6.07, 6.45) is -0.593. The molecule has 5 nitrogen and oxygen atoms in total. The summed E-state index contributed by atoms with van der Waals surface area (Å²) in [6, 6.07) is 5.55. The Hall–Kier alpha value is -2.04. The molecule has 0 spiro atoms. The highest BCUT2D eigenvalue weighted by atomic mass is 16.5. The van der Waals surface area contributed by atoms with E-state index in [9.17, 15) is 9.59 Å². The van der Waals surface area contributed by atoms with Gasteiger partial charge in [0, 0.05) is 0 Å². The lowest BCUT2D eigenvalue weighted by Crippen LogP contribution is -2.47. The molecule has 0 saturated carbocycles. The molecule has 0 unspecified atom stereocenters. The van der Waals surface area contributed by atoms with Gasteiger partial charge in [-0.2, -0.15) is 0 Å². The molecule has 19 heavy (non-hydrogen) atoms. The second-order valence-corrected chi connectivity index (χ2v) is 4.46. The Bertz CT molecular complexity index is 512. The molecule has 1 amide bonds. The van der Waals surface area contributed by atoms with Gasteiger partial charge >= 0.3 is 5.97 Å². The Morgan fingerprint density at radius 3 is 2.89 bits per heavy atom. The van der Waals surface area contributed by atoms with E-state index in [1.165, 1.54) is 4.90 Å². The number of ether oxygens (including phenoxy) is 2. The first-order valence-corrected chi connectivity index (χ1v) is 6.27. The van der Waals surface area contributed by atoms with Crippen molar-refractivity contribution in [3.63, 3.8) is 0 Å². The summed E-state index contributed by atoms with van der Waals surface area (Å²) in [4.78, 5) is 25.2. The number of carbonyl (C=O) groups excluding carboxylic acids is 2. The van der Waals surface area contributed by atoms with Gasteiger partial charge < -0.3 is 9.47 Å². The maximum absolute atomic E-state index is 12.1. The number of rotatable bonds is 3. The van der Waals surface area contributed by atoms with E-state index in [4.69, 9.17) is 9.47 Å². The van der Waals surface area contributed by atoms with Crippen LogP contribution in [0, 0.1) is 6.92 Å². The lowest BCUT2D eigenvalue weighted by atomic mass is 10.1. The summed E-state index contributed by atoms with van der Waals surface area (Å²) < 4.78 is 10.4. The van der Waals surface area contributed by atoms with E-state index in [1.807, 2.05) is 25.1 Å². The highest BCUT2D eigenvalue weighted by Crippen LogP contribution is 2.34. The van der Waals surface area contributed by atoms with Crippen molar-refractivity contribution < 1.29 is 19.1 Å². The van der Waals surface area contributed by atoms with Crippen molar-refractivity contribution in [1.82, 2.24) is 0 Å². The van der Waals surface area contributed by atoms with Crippen LogP contribution in [0.5, 0.6) is 5.75 Å². The fourth-order valence-corrected chi connectivity index (χ4v) is 2.02. The molecule has 2 rings (SSSR count). The largest absolute Gasteiger partial charge is 0.479 e. The van der Waals surface area contributed by atoms with Crippen molar-refractivity contribution in [2.75, 3.05) is 18.1 Å². The predicted octanol–water partition coefficient (Wildman–Crippen LogP) is 1.67. The molecule has 0 bridgehead atoms. The van der Waals surface area contributed by atoms with Crippen LogP contribution in [0.3, 0.4) is 0 Å². The van der Waals surface area contributed by atoms with Gasteiger partial charge in [-0.25, -0.2) is 0 Å². The van der Waals surface area contributed by atoms with Crippen LogP contribution in [-0.2, 0) is 14.3 Å². The minimum Gasteiger partial charge on any atom is -0.479 e. The monoisotopic (exact) mass is 263 g/mol. The smallest absolute Gasteiger partial charge is 0.326 e. The third kappa shape index (κ3) is 2.70. The average Bonchev–Trinajstić information content (AvgIpc) is 2.36. The Kier molecular flexibility index (Phi) is 3.74. The summed E-state index contributed by atoms with van der Waals surface area (Å²) in [5.74, 6) is -0.0365. The molecule has 5 heteroatoms. The van der Waals surface area contributed by atoms with Gasteiger partial charge in [0.1, 0.15) is 12.3 Å². The first kappa shape index (κ1) is 13.4. The summed E-state index contributed by atoms with van der Waals surface area (Å²) in [5, 5.41) is 0. The topological polar surface area (TPSA) is 55.8 Å². The molecule has 0 aliphatic carbocycles. The van der Waals surface area contributed by atoms with Crippen molar-refractivity contribution in [3.05, 3.63) is 23.8 Å².